The lowest BCUT2D eigenvalue weighted by atomic mass is 10.2. The largest absolute Gasteiger partial charge is 0.508 e. The maximum absolute atomic E-state index is 9.25. The van der Waals surface area contributed by atoms with E-state index in [4.69, 9.17) is 4.42 Å². The fraction of sp³-hybridized carbons (Fsp3) is 0. The van der Waals surface area contributed by atoms with Gasteiger partial charge in [0, 0.05) is 5.56 Å². The average molecular weight is 239 g/mol. The number of phenolic OH excluding ortho intramolecular Hbond substituents is 1. The SMILES string of the molecule is Oc1cccc(-c2occc2Br)c1. The molecule has 0 amide bonds. The summed E-state index contributed by atoms with van der Waals surface area (Å²) in [7, 11) is 0. The van der Waals surface area contributed by atoms with Crippen LogP contribution in [0.15, 0.2) is 45.5 Å². The third-order valence-electron chi connectivity index (χ3n) is 1.73. The topological polar surface area (TPSA) is 33.4 Å². The molecule has 2 rings (SSSR count). The van der Waals surface area contributed by atoms with Crippen molar-refractivity contribution in [3.05, 3.63) is 41.1 Å². The minimum absolute atomic E-state index is 0.237. The standard InChI is InChI=1S/C10H7BrO2/c11-9-4-5-13-10(9)7-2-1-3-8(12)6-7/h1-6,12H. The molecule has 0 saturated carbocycles. The first-order valence-electron chi connectivity index (χ1n) is 3.80. The van der Waals surface area contributed by atoms with Gasteiger partial charge in [0.1, 0.15) is 11.5 Å². The predicted octanol–water partition coefficient (Wildman–Crippen LogP) is 3.41. The van der Waals surface area contributed by atoms with Crippen molar-refractivity contribution in [2.75, 3.05) is 0 Å². The Morgan fingerprint density at radius 3 is 2.69 bits per heavy atom. The number of rotatable bonds is 1. The fourth-order valence-electron chi connectivity index (χ4n) is 1.15. The summed E-state index contributed by atoms with van der Waals surface area (Å²) in [5, 5.41) is 9.25. The van der Waals surface area contributed by atoms with E-state index in [-0.39, 0.29) is 5.75 Å². The molecule has 0 bridgehead atoms. The second-order valence-corrected chi connectivity index (χ2v) is 3.50. The van der Waals surface area contributed by atoms with Crippen LogP contribution < -0.4 is 0 Å². The van der Waals surface area contributed by atoms with Gasteiger partial charge in [-0.05, 0) is 34.1 Å². The Morgan fingerprint density at radius 2 is 2.08 bits per heavy atom. The number of furan rings is 1. The van der Waals surface area contributed by atoms with Crippen LogP contribution in [-0.2, 0) is 0 Å². The van der Waals surface area contributed by atoms with Crippen molar-refractivity contribution >= 4 is 15.9 Å². The van der Waals surface area contributed by atoms with E-state index in [0.29, 0.717) is 0 Å². The summed E-state index contributed by atoms with van der Waals surface area (Å²) in [4.78, 5) is 0. The minimum atomic E-state index is 0.237. The second kappa shape index (κ2) is 3.26. The summed E-state index contributed by atoms with van der Waals surface area (Å²) in [6.07, 6.45) is 1.60. The molecule has 0 saturated heterocycles. The van der Waals surface area contributed by atoms with Crippen LogP contribution in [0.2, 0.25) is 0 Å². The zero-order valence-corrected chi connectivity index (χ0v) is 8.28. The predicted molar refractivity (Wildman–Crippen MR) is 53.5 cm³/mol. The second-order valence-electron chi connectivity index (χ2n) is 2.65. The molecule has 3 heteroatoms. The molecule has 0 aliphatic carbocycles. The Labute approximate surface area is 83.9 Å². The average Bonchev–Trinajstić information content (AvgIpc) is 2.51. The summed E-state index contributed by atoms with van der Waals surface area (Å²) in [5.41, 5.74) is 0.858. The molecule has 0 atom stereocenters. The number of phenols is 1. The normalized spacial score (nSPS) is 10.2. The van der Waals surface area contributed by atoms with Crippen LogP contribution >= 0.6 is 15.9 Å². The van der Waals surface area contributed by atoms with E-state index in [1.54, 1.807) is 24.5 Å². The molecule has 0 radical (unpaired) electrons. The Bertz CT molecular complexity index is 420. The Balaban J connectivity index is 2.53. The van der Waals surface area contributed by atoms with Gasteiger partial charge in [0.2, 0.25) is 0 Å². The fourth-order valence-corrected chi connectivity index (χ4v) is 1.58. The monoisotopic (exact) mass is 238 g/mol. The molecule has 1 heterocycles. The molecule has 1 aromatic carbocycles. The van der Waals surface area contributed by atoms with Gasteiger partial charge in [0.15, 0.2) is 0 Å². The van der Waals surface area contributed by atoms with Crippen LogP contribution in [0.3, 0.4) is 0 Å². The molecule has 0 aliphatic rings. The van der Waals surface area contributed by atoms with E-state index in [1.807, 2.05) is 12.1 Å². The molecule has 0 unspecified atom stereocenters. The third-order valence-corrected chi connectivity index (χ3v) is 2.35. The van der Waals surface area contributed by atoms with Gasteiger partial charge in [-0.3, -0.25) is 0 Å². The smallest absolute Gasteiger partial charge is 0.148 e. The lowest BCUT2D eigenvalue weighted by molar-refractivity contribution is 0.475. The van der Waals surface area contributed by atoms with Crippen molar-refractivity contribution in [2.24, 2.45) is 0 Å². The molecule has 2 aromatic rings. The number of halogens is 1. The number of aromatic hydroxyl groups is 1. The van der Waals surface area contributed by atoms with Crippen molar-refractivity contribution in [3.63, 3.8) is 0 Å². The van der Waals surface area contributed by atoms with E-state index in [9.17, 15) is 5.11 Å². The van der Waals surface area contributed by atoms with Gasteiger partial charge in [0.05, 0.1) is 10.7 Å². The minimum Gasteiger partial charge on any atom is -0.508 e. The van der Waals surface area contributed by atoms with E-state index in [1.165, 1.54) is 0 Å². The van der Waals surface area contributed by atoms with E-state index < -0.39 is 0 Å². The summed E-state index contributed by atoms with van der Waals surface area (Å²) < 4.78 is 6.13. The number of hydrogen-bond donors (Lipinski definition) is 1. The van der Waals surface area contributed by atoms with Crippen LogP contribution in [0.1, 0.15) is 0 Å². The van der Waals surface area contributed by atoms with Crippen molar-refractivity contribution in [1.82, 2.24) is 0 Å². The molecule has 1 N–H and O–H groups in total. The highest BCUT2D eigenvalue weighted by molar-refractivity contribution is 9.10. The maximum Gasteiger partial charge on any atom is 0.148 e. The third kappa shape index (κ3) is 1.60. The molecular weight excluding hydrogens is 232 g/mol. The molecule has 66 valence electrons. The van der Waals surface area contributed by atoms with Crippen molar-refractivity contribution in [1.29, 1.82) is 0 Å². The first-order chi connectivity index (χ1) is 6.27. The summed E-state index contributed by atoms with van der Waals surface area (Å²) >= 11 is 3.35. The van der Waals surface area contributed by atoms with Gasteiger partial charge in [-0.1, -0.05) is 12.1 Å². The Hall–Kier alpha value is -1.22. The quantitative estimate of drug-likeness (QED) is 0.827. The highest BCUT2D eigenvalue weighted by atomic mass is 79.9. The Kier molecular flexibility index (Phi) is 2.10. The zero-order chi connectivity index (χ0) is 9.26. The lowest BCUT2D eigenvalue weighted by Gasteiger charge is -1.98. The van der Waals surface area contributed by atoms with Crippen molar-refractivity contribution in [2.45, 2.75) is 0 Å². The zero-order valence-electron chi connectivity index (χ0n) is 6.70. The number of benzene rings is 1. The van der Waals surface area contributed by atoms with Gasteiger partial charge in [-0.25, -0.2) is 0 Å². The van der Waals surface area contributed by atoms with Gasteiger partial charge < -0.3 is 9.52 Å². The highest BCUT2D eigenvalue weighted by Gasteiger charge is 2.06. The molecule has 0 fully saturated rings. The van der Waals surface area contributed by atoms with Crippen LogP contribution in [0, 0.1) is 0 Å². The van der Waals surface area contributed by atoms with Crippen molar-refractivity contribution in [3.8, 4) is 17.1 Å². The lowest BCUT2D eigenvalue weighted by Crippen LogP contribution is -1.73. The summed E-state index contributed by atoms with van der Waals surface area (Å²) in [5.74, 6) is 0.969. The first-order valence-corrected chi connectivity index (χ1v) is 4.59. The maximum atomic E-state index is 9.25. The molecule has 2 nitrogen and oxygen atoms in total. The molecule has 0 aliphatic heterocycles. The molecule has 0 spiro atoms. The summed E-state index contributed by atoms with van der Waals surface area (Å²) in [6.45, 7) is 0. The van der Waals surface area contributed by atoms with Crippen LogP contribution in [-0.4, -0.2) is 5.11 Å². The van der Waals surface area contributed by atoms with E-state index >= 15 is 0 Å². The van der Waals surface area contributed by atoms with E-state index in [2.05, 4.69) is 15.9 Å². The molecule has 1 aromatic heterocycles. The van der Waals surface area contributed by atoms with E-state index in [0.717, 1.165) is 15.8 Å². The number of hydrogen-bond acceptors (Lipinski definition) is 2. The molecular formula is C10H7BrO2. The highest BCUT2D eigenvalue weighted by Crippen LogP contribution is 2.30. The van der Waals surface area contributed by atoms with Gasteiger partial charge in [-0.15, -0.1) is 0 Å². The van der Waals surface area contributed by atoms with Crippen LogP contribution in [0.4, 0.5) is 0 Å². The van der Waals surface area contributed by atoms with Crippen LogP contribution in [0.5, 0.6) is 5.75 Å². The van der Waals surface area contributed by atoms with Crippen LogP contribution in [0.25, 0.3) is 11.3 Å². The first kappa shape index (κ1) is 8.38. The van der Waals surface area contributed by atoms with Gasteiger partial charge in [0.25, 0.3) is 0 Å². The van der Waals surface area contributed by atoms with Gasteiger partial charge in [-0.2, -0.15) is 0 Å². The van der Waals surface area contributed by atoms with Crippen molar-refractivity contribution < 1.29 is 9.52 Å². The summed E-state index contributed by atoms with van der Waals surface area (Å²) in [6, 6.07) is 8.76. The molecule has 13 heavy (non-hydrogen) atoms. The Morgan fingerprint density at radius 1 is 1.23 bits per heavy atom. The van der Waals surface area contributed by atoms with Gasteiger partial charge >= 0.3 is 0 Å².